The van der Waals surface area contributed by atoms with E-state index < -0.39 is 11.4 Å². The van der Waals surface area contributed by atoms with E-state index in [1.165, 1.54) is 12.1 Å². The first-order valence-electron chi connectivity index (χ1n) is 10.4. The molecule has 2 aliphatic rings. The Bertz CT molecular complexity index is 979. The third-order valence-corrected chi connectivity index (χ3v) is 6.27. The quantitative estimate of drug-likeness (QED) is 0.695. The number of methoxy groups -OCH3 is 1. The van der Waals surface area contributed by atoms with Crippen molar-refractivity contribution in [3.63, 3.8) is 0 Å². The van der Waals surface area contributed by atoms with Gasteiger partial charge in [-0.25, -0.2) is 4.39 Å². The molecule has 1 atom stereocenters. The number of nitrogens with zero attached hydrogens (tertiary/aromatic N) is 2. The number of amidine groups is 1. The van der Waals surface area contributed by atoms with Gasteiger partial charge in [0.2, 0.25) is 5.91 Å². The van der Waals surface area contributed by atoms with Crippen molar-refractivity contribution in [3.8, 4) is 0 Å². The van der Waals surface area contributed by atoms with Gasteiger partial charge in [-0.2, -0.15) is 0 Å². The molecule has 1 saturated heterocycles. The van der Waals surface area contributed by atoms with Crippen molar-refractivity contribution >= 4 is 29.0 Å². The lowest BCUT2D eigenvalue weighted by atomic mass is 9.96. The molecule has 1 spiro atoms. The zero-order valence-corrected chi connectivity index (χ0v) is 18.2. The van der Waals surface area contributed by atoms with Crippen molar-refractivity contribution in [3.05, 3.63) is 64.4 Å². The molecular weight excluding hydrogens is 419 g/mol. The number of hydrogen-bond acceptors (Lipinski definition) is 4. The molecule has 4 rings (SSSR count). The number of para-hydroxylation sites is 1. The molecule has 2 aliphatic heterocycles. The van der Waals surface area contributed by atoms with Crippen molar-refractivity contribution in [2.75, 3.05) is 38.7 Å². The molecule has 6 nitrogen and oxygen atoms in total. The minimum atomic E-state index is -0.499. The molecule has 0 unspecified atom stereocenters. The van der Waals surface area contributed by atoms with E-state index in [1.54, 1.807) is 18.1 Å². The topological polar surface area (TPSA) is 66.0 Å². The summed E-state index contributed by atoms with van der Waals surface area (Å²) < 4.78 is 19.3. The summed E-state index contributed by atoms with van der Waals surface area (Å²) in [6.45, 7) is 2.69. The van der Waals surface area contributed by atoms with Crippen LogP contribution in [0.4, 0.5) is 10.1 Å². The molecule has 2 N–H and O–H groups in total. The summed E-state index contributed by atoms with van der Waals surface area (Å²) in [5, 5.41) is 7.40. The molecule has 2 aromatic rings. The van der Waals surface area contributed by atoms with Gasteiger partial charge in [0, 0.05) is 43.0 Å². The highest BCUT2D eigenvalue weighted by Gasteiger charge is 2.45. The number of rotatable bonds is 5. The normalized spacial score (nSPS) is 21.8. The Labute approximate surface area is 186 Å². The number of benzene rings is 2. The van der Waals surface area contributed by atoms with Gasteiger partial charge in [0.15, 0.2) is 0 Å². The molecule has 1 amide bonds. The number of carbonyl (C=O) groups is 1. The van der Waals surface area contributed by atoms with Crippen LogP contribution in [0.1, 0.15) is 17.5 Å². The van der Waals surface area contributed by atoms with Crippen molar-refractivity contribution in [2.24, 2.45) is 4.99 Å². The number of ether oxygens (including phenoxy) is 1. The molecule has 0 radical (unpaired) electrons. The Kier molecular flexibility index (Phi) is 6.55. The van der Waals surface area contributed by atoms with E-state index in [2.05, 4.69) is 16.7 Å². The summed E-state index contributed by atoms with van der Waals surface area (Å²) in [5.41, 5.74) is 1.89. The highest BCUT2D eigenvalue weighted by atomic mass is 35.5. The number of amides is 1. The van der Waals surface area contributed by atoms with Gasteiger partial charge in [-0.15, -0.1) is 0 Å². The predicted molar refractivity (Wildman–Crippen MR) is 120 cm³/mol. The van der Waals surface area contributed by atoms with E-state index in [9.17, 15) is 9.18 Å². The summed E-state index contributed by atoms with van der Waals surface area (Å²) in [6, 6.07) is 12.6. The smallest absolute Gasteiger partial charge is 0.227 e. The number of nitrogens with one attached hydrogen (secondary N) is 2. The van der Waals surface area contributed by atoms with E-state index >= 15 is 0 Å². The van der Waals surface area contributed by atoms with Gasteiger partial charge >= 0.3 is 0 Å². The molecule has 0 saturated carbocycles. The lowest BCUT2D eigenvalue weighted by Crippen LogP contribution is -2.55. The SMILES string of the molecule is COCCN=C1Nc2ccccc2CN[C@@]12CCN(C(=O)Cc1c(F)cccc1Cl)C2. The molecule has 31 heavy (non-hydrogen) atoms. The number of halogens is 2. The van der Waals surface area contributed by atoms with Crippen LogP contribution >= 0.6 is 11.6 Å². The van der Waals surface area contributed by atoms with Crippen molar-refractivity contribution in [1.29, 1.82) is 0 Å². The molecule has 0 aliphatic carbocycles. The van der Waals surface area contributed by atoms with Gasteiger partial charge in [0.05, 0.1) is 25.1 Å². The molecule has 2 heterocycles. The zero-order chi connectivity index (χ0) is 21.8. The number of likely N-dealkylation sites (tertiary alicyclic amines) is 1. The fourth-order valence-electron chi connectivity index (χ4n) is 4.16. The van der Waals surface area contributed by atoms with Crippen molar-refractivity contribution in [1.82, 2.24) is 10.2 Å². The van der Waals surface area contributed by atoms with Crippen LogP contribution in [-0.4, -0.2) is 55.5 Å². The largest absolute Gasteiger partial charge is 0.383 e. The second kappa shape index (κ2) is 9.34. The highest BCUT2D eigenvalue weighted by Crippen LogP contribution is 2.30. The molecule has 1 fully saturated rings. The van der Waals surface area contributed by atoms with Crippen LogP contribution in [-0.2, 0) is 22.5 Å². The predicted octanol–water partition coefficient (Wildman–Crippen LogP) is 3.25. The van der Waals surface area contributed by atoms with Gasteiger partial charge in [-0.05, 0) is 30.2 Å². The molecule has 2 aromatic carbocycles. The summed E-state index contributed by atoms with van der Waals surface area (Å²) in [5.74, 6) is 0.193. The molecule has 0 bridgehead atoms. The van der Waals surface area contributed by atoms with Crippen LogP contribution in [0.3, 0.4) is 0 Å². The van der Waals surface area contributed by atoms with Crippen LogP contribution < -0.4 is 10.6 Å². The van der Waals surface area contributed by atoms with Gasteiger partial charge in [-0.3, -0.25) is 15.1 Å². The van der Waals surface area contributed by atoms with E-state index in [4.69, 9.17) is 21.3 Å². The number of aliphatic imine (C=N–C) groups is 1. The number of fused-ring (bicyclic) bond motifs is 1. The maximum Gasteiger partial charge on any atom is 0.227 e. The van der Waals surface area contributed by atoms with Gasteiger partial charge < -0.3 is 15.0 Å². The summed E-state index contributed by atoms with van der Waals surface area (Å²) in [7, 11) is 1.65. The first-order chi connectivity index (χ1) is 15.0. The van der Waals surface area contributed by atoms with Crippen molar-refractivity contribution < 1.29 is 13.9 Å². The Morgan fingerprint density at radius 3 is 2.94 bits per heavy atom. The van der Waals surface area contributed by atoms with Crippen molar-refractivity contribution in [2.45, 2.75) is 24.9 Å². The van der Waals surface area contributed by atoms with Crippen LogP contribution in [0, 0.1) is 5.82 Å². The fourth-order valence-corrected chi connectivity index (χ4v) is 4.39. The van der Waals surface area contributed by atoms with E-state index in [-0.39, 0.29) is 22.9 Å². The summed E-state index contributed by atoms with van der Waals surface area (Å²) >= 11 is 6.13. The standard InChI is InChI=1S/C23H26ClFN4O2/c1-31-12-10-26-22-23(27-14-16-5-2-3-8-20(16)28-22)9-11-29(15-23)21(30)13-17-18(24)6-4-7-19(17)25/h2-8,27H,9-15H2,1H3,(H,26,28)/t23-/m1/s1. The maximum absolute atomic E-state index is 14.2. The molecule has 164 valence electrons. The first-order valence-corrected chi connectivity index (χ1v) is 10.7. The second-order valence-electron chi connectivity index (χ2n) is 7.88. The average molecular weight is 445 g/mol. The van der Waals surface area contributed by atoms with E-state index in [0.29, 0.717) is 39.2 Å². The minimum Gasteiger partial charge on any atom is -0.383 e. The third-order valence-electron chi connectivity index (χ3n) is 5.92. The Morgan fingerprint density at radius 2 is 2.13 bits per heavy atom. The molecule has 0 aromatic heterocycles. The number of carbonyl (C=O) groups excluding carboxylic acids is 1. The molecule has 8 heteroatoms. The van der Waals surface area contributed by atoms with E-state index in [0.717, 1.165) is 17.1 Å². The zero-order valence-electron chi connectivity index (χ0n) is 17.5. The number of hydrogen-bond donors (Lipinski definition) is 2. The summed E-state index contributed by atoms with van der Waals surface area (Å²) in [4.78, 5) is 19.5. The third kappa shape index (κ3) is 4.59. The van der Waals surface area contributed by atoms with E-state index in [1.807, 2.05) is 18.2 Å². The highest BCUT2D eigenvalue weighted by molar-refractivity contribution is 6.31. The monoisotopic (exact) mass is 444 g/mol. The first kappa shape index (κ1) is 21.7. The Hall–Kier alpha value is -2.48. The van der Waals surface area contributed by atoms with Crippen LogP contribution in [0.15, 0.2) is 47.5 Å². The van der Waals surface area contributed by atoms with Crippen LogP contribution in [0.5, 0.6) is 0 Å². The maximum atomic E-state index is 14.2. The van der Waals surface area contributed by atoms with Gasteiger partial charge in [0.1, 0.15) is 11.7 Å². The average Bonchev–Trinajstić information content (AvgIpc) is 3.14. The van der Waals surface area contributed by atoms with Crippen LogP contribution in [0.2, 0.25) is 5.02 Å². The van der Waals surface area contributed by atoms with Crippen LogP contribution in [0.25, 0.3) is 0 Å². The number of anilines is 1. The van der Waals surface area contributed by atoms with Gasteiger partial charge in [0.25, 0.3) is 0 Å². The fraction of sp³-hybridized carbons (Fsp3) is 0.391. The summed E-state index contributed by atoms with van der Waals surface area (Å²) in [6.07, 6.45) is 0.641. The van der Waals surface area contributed by atoms with Gasteiger partial charge in [-0.1, -0.05) is 35.9 Å². The second-order valence-corrected chi connectivity index (χ2v) is 8.29. The lowest BCUT2D eigenvalue weighted by Gasteiger charge is -2.30. The Balaban J connectivity index is 1.56. The lowest BCUT2D eigenvalue weighted by molar-refractivity contribution is -0.129. The molecular formula is C23H26ClFN4O2. The Morgan fingerprint density at radius 1 is 1.29 bits per heavy atom. The minimum absolute atomic E-state index is 0.0641.